The van der Waals surface area contributed by atoms with E-state index in [1.807, 2.05) is 43.7 Å². The van der Waals surface area contributed by atoms with Crippen LogP contribution in [0.2, 0.25) is 0 Å². The number of aliphatic imine (C=N–C) groups is 1. The number of guanidine groups is 1. The lowest BCUT2D eigenvalue weighted by atomic mass is 10.0. The van der Waals surface area contributed by atoms with Crippen LogP contribution in [0.5, 0.6) is 0 Å². The third-order valence-electron chi connectivity index (χ3n) is 4.63. The Morgan fingerprint density at radius 2 is 2.00 bits per heavy atom. The van der Waals surface area contributed by atoms with Crippen molar-refractivity contribution < 1.29 is 9.52 Å². The summed E-state index contributed by atoms with van der Waals surface area (Å²) in [5.41, 5.74) is 3.00. The highest BCUT2D eigenvalue weighted by atomic mass is 16.4. The molecule has 29 heavy (non-hydrogen) atoms. The fourth-order valence-electron chi connectivity index (χ4n) is 3.16. The van der Waals surface area contributed by atoms with Gasteiger partial charge in [-0.2, -0.15) is 5.10 Å². The van der Waals surface area contributed by atoms with Crippen molar-refractivity contribution in [1.82, 2.24) is 20.4 Å². The lowest BCUT2D eigenvalue weighted by molar-refractivity contribution is 0.0386. The van der Waals surface area contributed by atoms with E-state index in [4.69, 9.17) is 9.41 Å². The third-order valence-corrected chi connectivity index (χ3v) is 4.63. The van der Waals surface area contributed by atoms with Crippen LogP contribution in [0.1, 0.15) is 36.6 Å². The van der Waals surface area contributed by atoms with Crippen molar-refractivity contribution in [2.75, 3.05) is 13.1 Å². The zero-order chi connectivity index (χ0) is 20.9. The molecule has 1 unspecified atom stereocenters. The zero-order valence-corrected chi connectivity index (χ0v) is 17.4. The van der Waals surface area contributed by atoms with Crippen LogP contribution in [0.4, 0.5) is 0 Å². The molecule has 0 bridgehead atoms. The van der Waals surface area contributed by atoms with E-state index in [0.717, 1.165) is 22.6 Å². The van der Waals surface area contributed by atoms with Gasteiger partial charge in [0.2, 0.25) is 0 Å². The first-order valence-corrected chi connectivity index (χ1v) is 9.81. The Morgan fingerprint density at radius 3 is 2.66 bits per heavy atom. The molecule has 7 nitrogen and oxygen atoms in total. The van der Waals surface area contributed by atoms with Crippen molar-refractivity contribution in [1.29, 1.82) is 0 Å². The standard InChI is InChI=1S/C22H29N5O2/c1-5-23-21(25-15-22(4,28)20-11-8-12-29-20)24-14-18-9-6-7-10-19(18)27-17(3)13-16(2)26-27/h6-13,28H,5,14-15H2,1-4H3,(H2,23,24,25). The summed E-state index contributed by atoms with van der Waals surface area (Å²) < 4.78 is 7.28. The number of rotatable bonds is 7. The Morgan fingerprint density at radius 1 is 1.21 bits per heavy atom. The SMILES string of the molecule is CCNC(=NCc1ccccc1-n1nc(C)cc1C)NCC(C)(O)c1ccco1. The van der Waals surface area contributed by atoms with Crippen LogP contribution in [-0.2, 0) is 12.1 Å². The molecule has 7 heteroatoms. The number of nitrogens with one attached hydrogen (secondary N) is 2. The minimum absolute atomic E-state index is 0.269. The number of hydrogen-bond donors (Lipinski definition) is 3. The van der Waals surface area contributed by atoms with Crippen LogP contribution in [-0.4, -0.2) is 33.9 Å². The average Bonchev–Trinajstić information content (AvgIpc) is 3.34. The largest absolute Gasteiger partial charge is 0.466 e. The number of hydrogen-bond acceptors (Lipinski definition) is 4. The predicted molar refractivity (Wildman–Crippen MR) is 114 cm³/mol. The van der Waals surface area contributed by atoms with E-state index < -0.39 is 5.60 Å². The number of aromatic nitrogens is 2. The third kappa shape index (κ3) is 5.06. The van der Waals surface area contributed by atoms with Crippen LogP contribution in [0.3, 0.4) is 0 Å². The number of aliphatic hydroxyl groups is 1. The van der Waals surface area contributed by atoms with E-state index in [1.54, 1.807) is 25.3 Å². The van der Waals surface area contributed by atoms with Gasteiger partial charge in [0.15, 0.2) is 5.96 Å². The lowest BCUT2D eigenvalue weighted by Gasteiger charge is -2.22. The monoisotopic (exact) mass is 395 g/mol. The predicted octanol–water partition coefficient (Wildman–Crippen LogP) is 3.04. The number of aryl methyl sites for hydroxylation is 2. The quantitative estimate of drug-likeness (QED) is 0.423. The highest BCUT2D eigenvalue weighted by Crippen LogP contribution is 2.20. The molecule has 0 radical (unpaired) electrons. The molecule has 0 fully saturated rings. The minimum Gasteiger partial charge on any atom is -0.466 e. The van der Waals surface area contributed by atoms with Gasteiger partial charge in [-0.1, -0.05) is 18.2 Å². The zero-order valence-electron chi connectivity index (χ0n) is 17.4. The molecular formula is C22H29N5O2. The molecule has 3 rings (SSSR count). The van der Waals surface area contributed by atoms with E-state index in [2.05, 4.69) is 27.9 Å². The molecular weight excluding hydrogens is 366 g/mol. The van der Waals surface area contributed by atoms with Gasteiger partial charge < -0.3 is 20.2 Å². The molecule has 1 aromatic carbocycles. The van der Waals surface area contributed by atoms with Crippen LogP contribution in [0, 0.1) is 13.8 Å². The molecule has 2 heterocycles. The molecule has 0 aliphatic carbocycles. The van der Waals surface area contributed by atoms with Crippen LogP contribution >= 0.6 is 0 Å². The minimum atomic E-state index is -1.14. The van der Waals surface area contributed by atoms with Gasteiger partial charge in [-0.05, 0) is 57.5 Å². The van der Waals surface area contributed by atoms with Crippen LogP contribution in [0.25, 0.3) is 5.69 Å². The Labute approximate surface area is 171 Å². The second-order valence-electron chi connectivity index (χ2n) is 7.27. The number of benzene rings is 1. The molecule has 3 N–H and O–H groups in total. The van der Waals surface area contributed by atoms with Gasteiger partial charge in [0.1, 0.15) is 11.4 Å². The Bertz CT molecular complexity index is 958. The van der Waals surface area contributed by atoms with E-state index in [0.29, 0.717) is 24.8 Å². The maximum Gasteiger partial charge on any atom is 0.191 e. The van der Waals surface area contributed by atoms with E-state index in [9.17, 15) is 5.11 Å². The summed E-state index contributed by atoms with van der Waals surface area (Å²) in [7, 11) is 0. The van der Waals surface area contributed by atoms with Gasteiger partial charge in [-0.25, -0.2) is 9.67 Å². The summed E-state index contributed by atoms with van der Waals surface area (Å²) in [4.78, 5) is 4.70. The summed E-state index contributed by atoms with van der Waals surface area (Å²) in [6.45, 7) is 9.21. The molecule has 1 atom stereocenters. The molecule has 0 spiro atoms. The first kappa shape index (κ1) is 20.7. The van der Waals surface area contributed by atoms with Crippen molar-refractivity contribution in [3.63, 3.8) is 0 Å². The van der Waals surface area contributed by atoms with E-state index in [-0.39, 0.29) is 6.54 Å². The van der Waals surface area contributed by atoms with Crippen molar-refractivity contribution in [2.24, 2.45) is 4.99 Å². The normalized spacial score (nSPS) is 13.9. The molecule has 3 aromatic rings. The Balaban J connectivity index is 1.76. The summed E-state index contributed by atoms with van der Waals surface area (Å²) in [6, 6.07) is 13.7. The Hall–Kier alpha value is -3.06. The molecule has 154 valence electrons. The van der Waals surface area contributed by atoms with Gasteiger partial charge >= 0.3 is 0 Å². The van der Waals surface area contributed by atoms with E-state index in [1.165, 1.54) is 0 Å². The maximum atomic E-state index is 10.7. The second-order valence-corrected chi connectivity index (χ2v) is 7.27. The van der Waals surface area contributed by atoms with Gasteiger partial charge in [-0.15, -0.1) is 0 Å². The molecule has 0 amide bonds. The van der Waals surface area contributed by atoms with Crippen molar-refractivity contribution in [3.8, 4) is 5.69 Å². The summed E-state index contributed by atoms with van der Waals surface area (Å²) >= 11 is 0. The van der Waals surface area contributed by atoms with Gasteiger partial charge in [0.25, 0.3) is 0 Å². The summed E-state index contributed by atoms with van der Waals surface area (Å²) in [5, 5.41) is 21.7. The van der Waals surface area contributed by atoms with Crippen LogP contribution < -0.4 is 10.6 Å². The smallest absolute Gasteiger partial charge is 0.191 e. The molecule has 0 aliphatic heterocycles. The van der Waals surface area contributed by atoms with Crippen LogP contribution in [0.15, 0.2) is 58.1 Å². The van der Waals surface area contributed by atoms with E-state index >= 15 is 0 Å². The average molecular weight is 396 g/mol. The molecule has 0 aliphatic rings. The number of furan rings is 1. The number of nitrogens with zero attached hydrogens (tertiary/aromatic N) is 3. The highest BCUT2D eigenvalue weighted by molar-refractivity contribution is 5.79. The maximum absolute atomic E-state index is 10.7. The number of para-hydroxylation sites is 1. The van der Waals surface area contributed by atoms with Gasteiger partial charge in [0.05, 0.1) is 30.7 Å². The lowest BCUT2D eigenvalue weighted by Crippen LogP contribution is -2.44. The topological polar surface area (TPSA) is 87.6 Å². The first-order chi connectivity index (χ1) is 13.9. The van der Waals surface area contributed by atoms with Crippen molar-refractivity contribution in [3.05, 3.63) is 71.4 Å². The molecule has 2 aromatic heterocycles. The first-order valence-electron chi connectivity index (χ1n) is 9.81. The summed E-state index contributed by atoms with van der Waals surface area (Å²) in [6.07, 6.45) is 1.55. The summed E-state index contributed by atoms with van der Waals surface area (Å²) in [5.74, 6) is 1.14. The van der Waals surface area contributed by atoms with Gasteiger partial charge in [-0.3, -0.25) is 0 Å². The molecule has 0 saturated heterocycles. The fourth-order valence-corrected chi connectivity index (χ4v) is 3.16. The molecule has 0 saturated carbocycles. The van der Waals surface area contributed by atoms with Crippen molar-refractivity contribution >= 4 is 5.96 Å². The van der Waals surface area contributed by atoms with Crippen molar-refractivity contribution in [2.45, 2.75) is 39.8 Å². The second kappa shape index (κ2) is 8.96. The fraction of sp³-hybridized carbons (Fsp3) is 0.364. The highest BCUT2D eigenvalue weighted by Gasteiger charge is 2.26. The van der Waals surface area contributed by atoms with Gasteiger partial charge in [0, 0.05) is 12.2 Å². The Kier molecular flexibility index (Phi) is 6.39.